The molecule has 0 aliphatic heterocycles. The van der Waals surface area contributed by atoms with Gasteiger partial charge in [-0.1, -0.05) is 17.8 Å². The number of amides is 1. The van der Waals surface area contributed by atoms with Crippen LogP contribution in [0.5, 0.6) is 0 Å². The van der Waals surface area contributed by atoms with Gasteiger partial charge in [0.25, 0.3) is 0 Å². The third-order valence-corrected chi connectivity index (χ3v) is 6.13. The lowest BCUT2D eigenvalue weighted by Crippen LogP contribution is -2.15. The fraction of sp³-hybridized carbons (Fsp3) is 0.316. The van der Waals surface area contributed by atoms with Crippen molar-refractivity contribution < 1.29 is 4.79 Å². The average Bonchev–Trinajstić information content (AvgIpc) is 3.18. The van der Waals surface area contributed by atoms with Gasteiger partial charge in [-0.05, 0) is 48.6 Å². The maximum Gasteiger partial charge on any atom is 0.234 e. The van der Waals surface area contributed by atoms with Crippen LogP contribution in [0, 0.1) is 0 Å². The highest BCUT2D eigenvalue weighted by molar-refractivity contribution is 7.99. The Balaban J connectivity index is 1.40. The molecule has 1 N–H and O–H groups in total. The molecular formula is C19H21N5OS2. The Morgan fingerprint density at radius 3 is 2.67 bits per heavy atom. The topological polar surface area (TPSA) is 63.1 Å². The van der Waals surface area contributed by atoms with Crippen LogP contribution in [0.4, 0.5) is 11.4 Å². The Kier molecular flexibility index (Phi) is 5.18. The molecule has 3 aromatic rings. The predicted octanol–water partition coefficient (Wildman–Crippen LogP) is 4.14. The molecule has 0 spiro atoms. The van der Waals surface area contributed by atoms with E-state index in [4.69, 9.17) is 0 Å². The van der Waals surface area contributed by atoms with E-state index in [1.54, 1.807) is 11.3 Å². The van der Waals surface area contributed by atoms with Crippen LogP contribution < -0.4 is 10.2 Å². The summed E-state index contributed by atoms with van der Waals surface area (Å²) in [6.45, 7) is 0. The number of thioether (sulfide) groups is 1. The van der Waals surface area contributed by atoms with Gasteiger partial charge in [-0.15, -0.1) is 21.5 Å². The van der Waals surface area contributed by atoms with Gasteiger partial charge in [0, 0.05) is 31.5 Å². The molecular weight excluding hydrogens is 378 g/mol. The van der Waals surface area contributed by atoms with Crippen molar-refractivity contribution in [2.45, 2.75) is 24.0 Å². The van der Waals surface area contributed by atoms with E-state index >= 15 is 0 Å². The van der Waals surface area contributed by atoms with Gasteiger partial charge in [0.05, 0.1) is 10.6 Å². The first-order valence-electron chi connectivity index (χ1n) is 8.80. The molecule has 0 bridgehead atoms. The van der Waals surface area contributed by atoms with Crippen molar-refractivity contribution in [3.63, 3.8) is 0 Å². The summed E-state index contributed by atoms with van der Waals surface area (Å²) in [5.41, 5.74) is 1.90. The third-order valence-electron chi connectivity index (χ3n) is 4.32. The van der Waals surface area contributed by atoms with Crippen molar-refractivity contribution in [3.8, 4) is 10.7 Å². The van der Waals surface area contributed by atoms with Crippen LogP contribution in [0.15, 0.2) is 46.9 Å². The van der Waals surface area contributed by atoms with E-state index in [1.807, 2.05) is 54.7 Å². The Hall–Kier alpha value is -2.32. The number of nitrogens with zero attached hydrogens (tertiary/aromatic N) is 4. The molecule has 4 rings (SSSR count). The summed E-state index contributed by atoms with van der Waals surface area (Å²) in [4.78, 5) is 15.5. The monoisotopic (exact) mass is 399 g/mol. The highest BCUT2D eigenvalue weighted by Gasteiger charge is 2.30. The van der Waals surface area contributed by atoms with Crippen molar-refractivity contribution >= 4 is 40.4 Å². The molecule has 27 heavy (non-hydrogen) atoms. The molecule has 0 atom stereocenters. The molecule has 0 radical (unpaired) electrons. The van der Waals surface area contributed by atoms with Crippen LogP contribution in [-0.2, 0) is 4.79 Å². The van der Waals surface area contributed by atoms with Crippen LogP contribution in [0.25, 0.3) is 10.7 Å². The number of carbonyl (C=O) groups excluding carboxylic acids is 1. The summed E-state index contributed by atoms with van der Waals surface area (Å²) in [7, 11) is 3.98. The number of anilines is 2. The van der Waals surface area contributed by atoms with E-state index in [1.165, 1.54) is 11.8 Å². The smallest absolute Gasteiger partial charge is 0.234 e. The molecule has 2 aromatic heterocycles. The zero-order valence-electron chi connectivity index (χ0n) is 15.3. The van der Waals surface area contributed by atoms with Crippen molar-refractivity contribution in [1.29, 1.82) is 0 Å². The molecule has 0 saturated heterocycles. The highest BCUT2D eigenvalue weighted by atomic mass is 32.2. The zero-order valence-corrected chi connectivity index (χ0v) is 16.9. The minimum atomic E-state index is -0.0411. The number of hydrogen-bond acceptors (Lipinski definition) is 6. The van der Waals surface area contributed by atoms with E-state index in [0.717, 1.165) is 40.1 Å². The third kappa shape index (κ3) is 4.17. The summed E-state index contributed by atoms with van der Waals surface area (Å²) in [6.07, 6.45) is 2.29. The lowest BCUT2D eigenvalue weighted by Gasteiger charge is -2.13. The largest absolute Gasteiger partial charge is 0.378 e. The number of aromatic nitrogens is 3. The Morgan fingerprint density at radius 2 is 2.04 bits per heavy atom. The second-order valence-electron chi connectivity index (χ2n) is 6.66. The summed E-state index contributed by atoms with van der Waals surface area (Å²) in [6, 6.07) is 12.3. The normalized spacial score (nSPS) is 13.6. The van der Waals surface area contributed by atoms with Gasteiger partial charge < -0.3 is 10.2 Å². The predicted molar refractivity (Wildman–Crippen MR) is 112 cm³/mol. The Bertz CT molecular complexity index is 914. The molecule has 8 heteroatoms. The van der Waals surface area contributed by atoms with E-state index in [9.17, 15) is 4.79 Å². The highest BCUT2D eigenvalue weighted by Crippen LogP contribution is 2.41. The van der Waals surface area contributed by atoms with Crippen LogP contribution >= 0.6 is 23.1 Å². The molecule has 6 nitrogen and oxygen atoms in total. The first kappa shape index (κ1) is 18.1. The van der Waals surface area contributed by atoms with Crippen molar-refractivity contribution in [2.75, 3.05) is 30.1 Å². The first-order chi connectivity index (χ1) is 13.1. The fourth-order valence-corrected chi connectivity index (χ4v) is 4.29. The van der Waals surface area contributed by atoms with Gasteiger partial charge in [0.2, 0.25) is 5.91 Å². The molecule has 2 heterocycles. The number of carbonyl (C=O) groups is 1. The number of thiophene rings is 1. The maximum atomic E-state index is 12.3. The summed E-state index contributed by atoms with van der Waals surface area (Å²) in [5.74, 6) is 1.18. The lowest BCUT2D eigenvalue weighted by atomic mass is 10.2. The quantitative estimate of drug-likeness (QED) is 0.605. The summed E-state index contributed by atoms with van der Waals surface area (Å²) in [5, 5.41) is 14.5. The van der Waals surface area contributed by atoms with Crippen LogP contribution in [0.1, 0.15) is 18.9 Å². The molecule has 1 aliphatic carbocycles. The van der Waals surface area contributed by atoms with Gasteiger partial charge in [0.1, 0.15) is 0 Å². The average molecular weight is 400 g/mol. The fourth-order valence-electron chi connectivity index (χ4n) is 2.78. The summed E-state index contributed by atoms with van der Waals surface area (Å²) >= 11 is 3.11. The second-order valence-corrected chi connectivity index (χ2v) is 8.55. The molecule has 0 unspecified atom stereocenters. The van der Waals surface area contributed by atoms with E-state index in [0.29, 0.717) is 11.8 Å². The van der Waals surface area contributed by atoms with Crippen molar-refractivity contribution in [3.05, 3.63) is 41.8 Å². The number of nitrogens with one attached hydrogen (secondary N) is 1. The van der Waals surface area contributed by atoms with Gasteiger partial charge in [-0.2, -0.15) is 0 Å². The van der Waals surface area contributed by atoms with Crippen LogP contribution in [-0.4, -0.2) is 40.5 Å². The van der Waals surface area contributed by atoms with Crippen LogP contribution in [0.2, 0.25) is 0 Å². The first-order valence-corrected chi connectivity index (χ1v) is 10.7. The van der Waals surface area contributed by atoms with E-state index in [2.05, 4.69) is 26.1 Å². The standard InChI is InChI=1S/C19H21N5OS2/c1-23(2)14-7-5-13(6-8-14)20-17(25)12-27-19-22-21-18(16-4-3-11-26-16)24(19)15-9-10-15/h3-8,11,15H,9-10,12H2,1-2H3,(H,20,25). The molecule has 1 saturated carbocycles. The van der Waals surface area contributed by atoms with Crippen LogP contribution in [0.3, 0.4) is 0 Å². The van der Waals surface area contributed by atoms with Crippen molar-refractivity contribution in [1.82, 2.24) is 14.8 Å². The van der Waals surface area contributed by atoms with Gasteiger partial charge in [-0.3, -0.25) is 9.36 Å². The Morgan fingerprint density at radius 1 is 1.26 bits per heavy atom. The van der Waals surface area contributed by atoms with Gasteiger partial charge in [0.15, 0.2) is 11.0 Å². The number of benzene rings is 1. The molecule has 140 valence electrons. The number of hydrogen-bond donors (Lipinski definition) is 1. The van der Waals surface area contributed by atoms with Gasteiger partial charge >= 0.3 is 0 Å². The minimum Gasteiger partial charge on any atom is -0.378 e. The molecule has 1 aromatic carbocycles. The number of rotatable bonds is 7. The second kappa shape index (κ2) is 7.74. The van der Waals surface area contributed by atoms with E-state index < -0.39 is 0 Å². The minimum absolute atomic E-state index is 0.0411. The molecule has 1 amide bonds. The molecule has 1 fully saturated rings. The lowest BCUT2D eigenvalue weighted by molar-refractivity contribution is -0.113. The summed E-state index contributed by atoms with van der Waals surface area (Å²) < 4.78 is 2.19. The maximum absolute atomic E-state index is 12.3. The molecule has 1 aliphatic rings. The SMILES string of the molecule is CN(C)c1ccc(NC(=O)CSc2nnc(-c3cccs3)n2C2CC2)cc1. The zero-order chi connectivity index (χ0) is 18.8. The Labute approximate surface area is 166 Å². The van der Waals surface area contributed by atoms with E-state index in [-0.39, 0.29) is 5.91 Å². The van der Waals surface area contributed by atoms with Gasteiger partial charge in [-0.25, -0.2) is 0 Å². The van der Waals surface area contributed by atoms with Crippen molar-refractivity contribution in [2.24, 2.45) is 0 Å².